The molecule has 0 aromatic carbocycles. The Kier molecular flexibility index (Phi) is 2.70. The molecule has 0 unspecified atom stereocenters. The molecule has 0 bridgehead atoms. The molecule has 1 saturated heterocycles. The summed E-state index contributed by atoms with van der Waals surface area (Å²) < 4.78 is 0. The van der Waals surface area contributed by atoms with Gasteiger partial charge in [-0.3, -0.25) is 0 Å². The number of hydrogen-bond acceptors (Lipinski definition) is 2. The third-order valence-electron chi connectivity index (χ3n) is 2.16. The highest BCUT2D eigenvalue weighted by molar-refractivity contribution is 5.71. The lowest BCUT2D eigenvalue weighted by atomic mass is 9.98. The molecule has 0 atom stereocenters. The van der Waals surface area contributed by atoms with E-state index in [4.69, 9.17) is 10.8 Å². The van der Waals surface area contributed by atoms with Crippen molar-refractivity contribution in [3.05, 3.63) is 0 Å². The first-order valence-electron chi connectivity index (χ1n) is 3.85. The van der Waals surface area contributed by atoms with Crippen LogP contribution in [0.5, 0.6) is 0 Å². The predicted molar refractivity (Wildman–Crippen MR) is 39.9 cm³/mol. The zero-order valence-electron chi connectivity index (χ0n) is 6.42. The Hall–Kier alpha value is -0.770. The minimum absolute atomic E-state index is 0.208. The van der Waals surface area contributed by atoms with Gasteiger partial charge in [-0.15, -0.1) is 0 Å². The van der Waals surface area contributed by atoms with E-state index in [1.165, 1.54) is 4.90 Å². The van der Waals surface area contributed by atoms with Crippen molar-refractivity contribution >= 4 is 6.03 Å². The number of aliphatic hydroxyl groups excluding tert-OH is 1. The van der Waals surface area contributed by atoms with Gasteiger partial charge < -0.3 is 10.0 Å². The molecule has 1 aliphatic heterocycles. The van der Waals surface area contributed by atoms with Crippen LogP contribution in [0.2, 0.25) is 0 Å². The average molecular weight is 157 g/mol. The normalized spacial score (nSPS) is 20.3. The summed E-state index contributed by atoms with van der Waals surface area (Å²) in [7, 11) is 0. The van der Waals surface area contributed by atoms with Crippen LogP contribution in [0.15, 0.2) is 0 Å². The van der Waals surface area contributed by atoms with Crippen molar-refractivity contribution < 1.29 is 9.90 Å². The van der Waals surface area contributed by atoms with Gasteiger partial charge in [-0.2, -0.15) is 0 Å². The Morgan fingerprint density at radius 3 is 2.45 bits per heavy atom. The summed E-state index contributed by atoms with van der Waals surface area (Å²) >= 11 is 0. The van der Waals surface area contributed by atoms with Crippen LogP contribution in [-0.2, 0) is 0 Å². The van der Waals surface area contributed by atoms with E-state index < -0.39 is 6.03 Å². The highest BCUT2D eigenvalue weighted by Gasteiger charge is 2.20. The standard InChI is InChI=1S/C7H13N2O2/c8-7(11)9-3-1-6(5-10)2-4-9/h6,8,10H,1-5H2. The fourth-order valence-corrected chi connectivity index (χ4v) is 1.32. The zero-order valence-corrected chi connectivity index (χ0v) is 6.42. The van der Waals surface area contributed by atoms with Crippen molar-refractivity contribution in [1.29, 1.82) is 0 Å². The molecule has 0 saturated carbocycles. The Labute approximate surface area is 66.0 Å². The van der Waals surface area contributed by atoms with Gasteiger partial charge in [0.2, 0.25) is 0 Å². The first-order valence-corrected chi connectivity index (χ1v) is 3.85. The summed E-state index contributed by atoms with van der Waals surface area (Å²) in [4.78, 5) is 12.0. The van der Waals surface area contributed by atoms with Crippen molar-refractivity contribution in [2.75, 3.05) is 19.7 Å². The summed E-state index contributed by atoms with van der Waals surface area (Å²) in [6.45, 7) is 1.47. The van der Waals surface area contributed by atoms with E-state index in [0.29, 0.717) is 19.0 Å². The van der Waals surface area contributed by atoms with E-state index in [2.05, 4.69) is 0 Å². The molecule has 1 fully saturated rings. The number of carbonyl (C=O) groups is 1. The number of piperidine rings is 1. The Balaban J connectivity index is 2.30. The van der Waals surface area contributed by atoms with E-state index in [1.807, 2.05) is 0 Å². The van der Waals surface area contributed by atoms with Crippen LogP contribution in [0.3, 0.4) is 0 Å². The van der Waals surface area contributed by atoms with Crippen molar-refractivity contribution in [2.45, 2.75) is 12.8 Å². The van der Waals surface area contributed by atoms with Crippen LogP contribution in [0, 0.1) is 5.92 Å². The van der Waals surface area contributed by atoms with E-state index in [0.717, 1.165) is 12.8 Å². The van der Waals surface area contributed by atoms with E-state index in [-0.39, 0.29) is 6.61 Å². The SMILES string of the molecule is [NH]C(=O)N1CCC(CO)CC1. The third kappa shape index (κ3) is 2.08. The maximum atomic E-state index is 10.5. The summed E-state index contributed by atoms with van der Waals surface area (Å²) in [6.07, 6.45) is 1.67. The van der Waals surface area contributed by atoms with Crippen molar-refractivity contribution in [1.82, 2.24) is 10.6 Å². The first-order chi connectivity index (χ1) is 5.24. The van der Waals surface area contributed by atoms with Crippen molar-refractivity contribution in [3.8, 4) is 0 Å². The zero-order chi connectivity index (χ0) is 8.27. The quantitative estimate of drug-likeness (QED) is 0.586. The second kappa shape index (κ2) is 3.57. The molecule has 0 spiro atoms. The minimum Gasteiger partial charge on any atom is -0.396 e. The Bertz CT molecular complexity index is 141. The molecule has 0 aliphatic carbocycles. The number of likely N-dealkylation sites (tertiary alicyclic amines) is 1. The highest BCUT2D eigenvalue weighted by atomic mass is 16.3. The van der Waals surface area contributed by atoms with Gasteiger partial charge in [0.1, 0.15) is 0 Å². The molecule has 2 N–H and O–H groups in total. The molecule has 1 rings (SSSR count). The predicted octanol–water partition coefficient (Wildman–Crippen LogP) is 0.0936. The number of hydrogen-bond donors (Lipinski definition) is 1. The molecular formula is C7H13N2O2. The lowest BCUT2D eigenvalue weighted by Crippen LogP contribution is -2.38. The summed E-state index contributed by atoms with van der Waals surface area (Å²) in [5, 5.41) is 8.77. The number of nitrogens with zero attached hydrogens (tertiary/aromatic N) is 1. The van der Waals surface area contributed by atoms with Gasteiger partial charge in [-0.25, -0.2) is 10.5 Å². The summed E-state index contributed by atoms with van der Waals surface area (Å²) in [6, 6.07) is -0.596. The molecule has 0 aromatic rings. The first kappa shape index (κ1) is 8.33. The van der Waals surface area contributed by atoms with Crippen LogP contribution in [0.4, 0.5) is 4.79 Å². The molecule has 0 aromatic heterocycles. The number of carbonyl (C=O) groups excluding carboxylic acids is 1. The number of amides is 2. The lowest BCUT2D eigenvalue weighted by molar-refractivity contribution is 0.141. The molecule has 4 heteroatoms. The van der Waals surface area contributed by atoms with Gasteiger partial charge in [0.05, 0.1) is 0 Å². The Morgan fingerprint density at radius 1 is 1.55 bits per heavy atom. The summed E-state index contributed by atoms with van der Waals surface area (Å²) in [5.74, 6) is 0.339. The maximum Gasteiger partial charge on any atom is 0.336 e. The second-order valence-corrected chi connectivity index (χ2v) is 2.92. The van der Waals surface area contributed by atoms with Crippen LogP contribution in [0.1, 0.15) is 12.8 Å². The van der Waals surface area contributed by atoms with Crippen molar-refractivity contribution in [3.63, 3.8) is 0 Å². The van der Waals surface area contributed by atoms with Gasteiger partial charge >= 0.3 is 6.03 Å². The van der Waals surface area contributed by atoms with Gasteiger partial charge in [-0.1, -0.05) is 0 Å². The number of nitrogens with one attached hydrogen (secondary N) is 1. The third-order valence-corrected chi connectivity index (χ3v) is 2.16. The van der Waals surface area contributed by atoms with Crippen LogP contribution < -0.4 is 5.73 Å². The smallest absolute Gasteiger partial charge is 0.336 e. The molecule has 1 heterocycles. The Morgan fingerprint density at radius 2 is 2.09 bits per heavy atom. The fraction of sp³-hybridized carbons (Fsp3) is 0.857. The van der Waals surface area contributed by atoms with Crippen molar-refractivity contribution in [2.24, 2.45) is 5.92 Å². The van der Waals surface area contributed by atoms with Crippen LogP contribution in [0.25, 0.3) is 0 Å². The lowest BCUT2D eigenvalue weighted by Gasteiger charge is -2.29. The molecule has 1 radical (unpaired) electrons. The topological polar surface area (TPSA) is 64.3 Å². The second-order valence-electron chi connectivity index (χ2n) is 2.92. The monoisotopic (exact) mass is 157 g/mol. The van der Waals surface area contributed by atoms with E-state index in [9.17, 15) is 4.79 Å². The van der Waals surface area contributed by atoms with Gasteiger partial charge in [0.15, 0.2) is 0 Å². The molecule has 63 valence electrons. The highest BCUT2D eigenvalue weighted by Crippen LogP contribution is 2.15. The summed E-state index contributed by atoms with van der Waals surface area (Å²) in [5.41, 5.74) is 6.82. The molecule has 1 aliphatic rings. The molecular weight excluding hydrogens is 144 g/mol. The fourth-order valence-electron chi connectivity index (χ4n) is 1.32. The van der Waals surface area contributed by atoms with Gasteiger partial charge in [-0.05, 0) is 18.8 Å². The number of rotatable bonds is 1. The number of aliphatic hydroxyl groups is 1. The van der Waals surface area contributed by atoms with Crippen LogP contribution in [-0.4, -0.2) is 35.7 Å². The van der Waals surface area contributed by atoms with E-state index in [1.54, 1.807) is 0 Å². The number of urea groups is 1. The minimum atomic E-state index is -0.596. The largest absolute Gasteiger partial charge is 0.396 e. The van der Waals surface area contributed by atoms with Crippen LogP contribution >= 0.6 is 0 Å². The van der Waals surface area contributed by atoms with Gasteiger partial charge in [0.25, 0.3) is 0 Å². The molecule has 4 nitrogen and oxygen atoms in total. The average Bonchev–Trinajstić information content (AvgIpc) is 2.05. The molecule has 11 heavy (non-hydrogen) atoms. The maximum absolute atomic E-state index is 10.5. The molecule has 2 amide bonds. The van der Waals surface area contributed by atoms with Gasteiger partial charge in [0, 0.05) is 19.7 Å². The van der Waals surface area contributed by atoms with E-state index >= 15 is 0 Å².